The minimum atomic E-state index is -0.619. The van der Waals surface area contributed by atoms with Crippen LogP contribution in [0.2, 0.25) is 0 Å². The summed E-state index contributed by atoms with van der Waals surface area (Å²) >= 11 is 0. The molecule has 27 heavy (non-hydrogen) atoms. The number of nitrogens with zero attached hydrogens (tertiary/aromatic N) is 1. The number of likely N-dealkylation sites (N-methyl/N-ethyl adjacent to an activating group) is 1. The van der Waals surface area contributed by atoms with Crippen LogP contribution >= 0.6 is 0 Å². The van der Waals surface area contributed by atoms with Crippen molar-refractivity contribution in [3.63, 3.8) is 0 Å². The Morgan fingerprint density at radius 1 is 1.04 bits per heavy atom. The average Bonchev–Trinajstić information content (AvgIpc) is 2.70. The van der Waals surface area contributed by atoms with E-state index in [4.69, 9.17) is 9.47 Å². The van der Waals surface area contributed by atoms with Crippen LogP contribution in [0.3, 0.4) is 0 Å². The van der Waals surface area contributed by atoms with Crippen LogP contribution < -0.4 is 14.8 Å². The molecule has 6 heteroatoms. The Labute approximate surface area is 160 Å². The maximum absolute atomic E-state index is 12.8. The highest BCUT2D eigenvalue weighted by Gasteiger charge is 2.25. The highest BCUT2D eigenvalue weighted by molar-refractivity contribution is 5.87. The second-order valence-electron chi connectivity index (χ2n) is 6.26. The lowest BCUT2D eigenvalue weighted by Crippen LogP contribution is -2.48. The van der Waals surface area contributed by atoms with Gasteiger partial charge in [-0.2, -0.15) is 0 Å². The molecule has 0 radical (unpaired) electrons. The largest absolute Gasteiger partial charge is 0.497 e. The molecule has 0 unspecified atom stereocenters. The van der Waals surface area contributed by atoms with Gasteiger partial charge in [-0.3, -0.25) is 9.59 Å². The molecule has 0 saturated carbocycles. The van der Waals surface area contributed by atoms with Crippen molar-refractivity contribution in [3.05, 3.63) is 59.7 Å². The number of amides is 2. The predicted octanol–water partition coefficient (Wildman–Crippen LogP) is 2.55. The van der Waals surface area contributed by atoms with E-state index in [1.54, 1.807) is 21.1 Å². The standard InChI is InChI=1S/C21H26N2O4/c1-15-5-9-19(10-6-15)27-14-20(24)23(16(2)21(25)22-3)13-17-7-11-18(26-4)12-8-17/h5-12,16H,13-14H2,1-4H3,(H,22,25)/t16-/m1/s1. The lowest BCUT2D eigenvalue weighted by molar-refractivity contribution is -0.142. The Hall–Kier alpha value is -3.02. The van der Waals surface area contributed by atoms with E-state index in [0.717, 1.165) is 16.9 Å². The molecule has 2 rings (SSSR count). The van der Waals surface area contributed by atoms with Crippen molar-refractivity contribution in [2.24, 2.45) is 0 Å². The third-order valence-electron chi connectivity index (χ3n) is 4.31. The van der Waals surface area contributed by atoms with Gasteiger partial charge in [0.2, 0.25) is 5.91 Å². The van der Waals surface area contributed by atoms with Crippen molar-refractivity contribution in [2.75, 3.05) is 20.8 Å². The van der Waals surface area contributed by atoms with Crippen molar-refractivity contribution in [2.45, 2.75) is 26.4 Å². The molecule has 0 saturated heterocycles. The molecular formula is C21H26N2O4. The van der Waals surface area contributed by atoms with E-state index in [1.807, 2.05) is 55.5 Å². The third kappa shape index (κ3) is 5.74. The fourth-order valence-electron chi connectivity index (χ4n) is 2.58. The zero-order chi connectivity index (χ0) is 19.8. The summed E-state index contributed by atoms with van der Waals surface area (Å²) in [6.45, 7) is 3.85. The van der Waals surface area contributed by atoms with Gasteiger partial charge in [0.15, 0.2) is 6.61 Å². The molecule has 0 aliphatic rings. The van der Waals surface area contributed by atoms with Gasteiger partial charge < -0.3 is 19.7 Å². The van der Waals surface area contributed by atoms with Gasteiger partial charge in [-0.15, -0.1) is 0 Å². The SMILES string of the molecule is CNC(=O)[C@@H](C)N(Cc1ccc(OC)cc1)C(=O)COc1ccc(C)cc1. The Kier molecular flexibility index (Phi) is 7.23. The molecule has 1 atom stereocenters. The molecule has 0 aromatic heterocycles. The zero-order valence-electron chi connectivity index (χ0n) is 16.2. The molecule has 0 spiro atoms. The summed E-state index contributed by atoms with van der Waals surface area (Å²) < 4.78 is 10.8. The smallest absolute Gasteiger partial charge is 0.261 e. The molecule has 6 nitrogen and oxygen atoms in total. The number of carbonyl (C=O) groups is 2. The first-order valence-electron chi connectivity index (χ1n) is 8.78. The minimum Gasteiger partial charge on any atom is -0.497 e. The van der Waals surface area contributed by atoms with Crippen molar-refractivity contribution >= 4 is 11.8 Å². The Morgan fingerprint density at radius 2 is 1.63 bits per heavy atom. The second kappa shape index (κ2) is 9.62. The van der Waals surface area contributed by atoms with E-state index in [-0.39, 0.29) is 18.4 Å². The van der Waals surface area contributed by atoms with Gasteiger partial charge in [-0.1, -0.05) is 29.8 Å². The van der Waals surface area contributed by atoms with Crippen LogP contribution in [-0.4, -0.2) is 43.5 Å². The molecule has 2 aromatic rings. The summed E-state index contributed by atoms with van der Waals surface area (Å²) in [5.41, 5.74) is 2.01. The van der Waals surface area contributed by atoms with Crippen molar-refractivity contribution < 1.29 is 19.1 Å². The number of hydrogen-bond donors (Lipinski definition) is 1. The van der Waals surface area contributed by atoms with Crippen LogP contribution in [0.25, 0.3) is 0 Å². The minimum absolute atomic E-state index is 0.138. The van der Waals surface area contributed by atoms with Crippen molar-refractivity contribution in [3.8, 4) is 11.5 Å². The summed E-state index contributed by atoms with van der Waals surface area (Å²) in [4.78, 5) is 26.4. The van der Waals surface area contributed by atoms with Crippen LogP contribution in [0.5, 0.6) is 11.5 Å². The van der Waals surface area contributed by atoms with Crippen molar-refractivity contribution in [1.82, 2.24) is 10.2 Å². The van der Waals surface area contributed by atoms with Gasteiger partial charge in [0.25, 0.3) is 5.91 Å². The topological polar surface area (TPSA) is 67.9 Å². The average molecular weight is 370 g/mol. The van der Waals surface area contributed by atoms with Gasteiger partial charge >= 0.3 is 0 Å². The quantitative estimate of drug-likeness (QED) is 0.775. The molecule has 1 N–H and O–H groups in total. The molecule has 144 valence electrons. The molecule has 0 aliphatic heterocycles. The first-order valence-corrected chi connectivity index (χ1v) is 8.78. The van der Waals surface area contributed by atoms with Crippen LogP contribution in [0.15, 0.2) is 48.5 Å². The van der Waals surface area contributed by atoms with Gasteiger partial charge in [-0.25, -0.2) is 0 Å². The molecule has 2 amide bonds. The number of methoxy groups -OCH3 is 1. The van der Waals surface area contributed by atoms with Gasteiger partial charge in [-0.05, 0) is 43.7 Å². The predicted molar refractivity (Wildman–Crippen MR) is 104 cm³/mol. The van der Waals surface area contributed by atoms with E-state index in [1.165, 1.54) is 4.90 Å². The summed E-state index contributed by atoms with van der Waals surface area (Å²) in [6, 6.07) is 14.2. The van der Waals surface area contributed by atoms with Gasteiger partial charge in [0, 0.05) is 13.6 Å². The molecule has 0 bridgehead atoms. The fourth-order valence-corrected chi connectivity index (χ4v) is 2.58. The van der Waals surface area contributed by atoms with Crippen LogP contribution in [0.1, 0.15) is 18.1 Å². The van der Waals surface area contributed by atoms with E-state index in [0.29, 0.717) is 12.3 Å². The highest BCUT2D eigenvalue weighted by Crippen LogP contribution is 2.16. The summed E-state index contributed by atoms with van der Waals surface area (Å²) in [5, 5.41) is 2.59. The maximum atomic E-state index is 12.8. The summed E-state index contributed by atoms with van der Waals surface area (Å²) in [5.74, 6) is 0.860. The van der Waals surface area contributed by atoms with Crippen LogP contribution in [0, 0.1) is 6.92 Å². The zero-order valence-corrected chi connectivity index (χ0v) is 16.2. The fraction of sp³-hybridized carbons (Fsp3) is 0.333. The molecule has 0 aliphatic carbocycles. The normalized spacial score (nSPS) is 11.4. The summed E-state index contributed by atoms with van der Waals surface area (Å²) in [7, 11) is 3.15. The van der Waals surface area contributed by atoms with Crippen LogP contribution in [-0.2, 0) is 16.1 Å². The first-order chi connectivity index (χ1) is 12.9. The Bertz CT molecular complexity index is 757. The lowest BCUT2D eigenvalue weighted by Gasteiger charge is -2.28. The molecular weight excluding hydrogens is 344 g/mol. The number of hydrogen-bond acceptors (Lipinski definition) is 4. The molecule has 2 aromatic carbocycles. The summed E-state index contributed by atoms with van der Waals surface area (Å²) in [6.07, 6.45) is 0. The van der Waals surface area contributed by atoms with Gasteiger partial charge in [0.1, 0.15) is 17.5 Å². The van der Waals surface area contributed by atoms with E-state index in [9.17, 15) is 9.59 Å². The van der Waals surface area contributed by atoms with E-state index < -0.39 is 6.04 Å². The number of aryl methyl sites for hydroxylation is 1. The van der Waals surface area contributed by atoms with Gasteiger partial charge in [0.05, 0.1) is 7.11 Å². The van der Waals surface area contributed by atoms with E-state index >= 15 is 0 Å². The Balaban J connectivity index is 2.10. The number of benzene rings is 2. The highest BCUT2D eigenvalue weighted by atomic mass is 16.5. The number of carbonyl (C=O) groups excluding carboxylic acids is 2. The third-order valence-corrected chi connectivity index (χ3v) is 4.31. The Morgan fingerprint density at radius 3 is 2.19 bits per heavy atom. The lowest BCUT2D eigenvalue weighted by atomic mass is 10.1. The van der Waals surface area contributed by atoms with Crippen LogP contribution in [0.4, 0.5) is 0 Å². The molecule has 0 heterocycles. The number of nitrogens with one attached hydrogen (secondary N) is 1. The van der Waals surface area contributed by atoms with E-state index in [2.05, 4.69) is 5.32 Å². The van der Waals surface area contributed by atoms with Crippen molar-refractivity contribution in [1.29, 1.82) is 0 Å². The molecule has 0 fully saturated rings. The monoisotopic (exact) mass is 370 g/mol. The maximum Gasteiger partial charge on any atom is 0.261 e. The number of ether oxygens (including phenoxy) is 2. The second-order valence-corrected chi connectivity index (χ2v) is 6.26. The first kappa shape index (κ1) is 20.3. The number of rotatable bonds is 8.